The molecule has 0 fully saturated rings. The van der Waals surface area contributed by atoms with Gasteiger partial charge in [0.2, 0.25) is 11.8 Å². The van der Waals surface area contributed by atoms with E-state index in [2.05, 4.69) is 15.5 Å². The van der Waals surface area contributed by atoms with Gasteiger partial charge in [0.15, 0.2) is 10.8 Å². The van der Waals surface area contributed by atoms with Gasteiger partial charge in [-0.25, -0.2) is 4.79 Å². The number of aromatic nitrogens is 3. The highest BCUT2D eigenvalue weighted by Gasteiger charge is 2.31. The second-order valence-corrected chi connectivity index (χ2v) is 9.02. The summed E-state index contributed by atoms with van der Waals surface area (Å²) < 4.78 is 12.5. The molecule has 1 unspecified atom stereocenters. The van der Waals surface area contributed by atoms with E-state index in [1.807, 2.05) is 48.6 Å². The minimum absolute atomic E-state index is 0.0966. The number of ether oxygens (including phenoxy) is 1. The average molecular weight is 496 g/mol. The van der Waals surface area contributed by atoms with Gasteiger partial charge in [-0.1, -0.05) is 36.9 Å². The predicted octanol–water partition coefficient (Wildman–Crippen LogP) is 3.88. The molecule has 0 bridgehead atoms. The number of fused-ring (bicyclic) bond motifs is 3. The standard InChI is InChI=1S/C24H25N5O5S/c1-5-16(21(31)26-22-19(20(25)30)18(13(4)34-22)23(32)33-6-2)35-24-28-27-17-11-12(3)14-9-7-8-10-15(14)29(17)24/h7-11,16H,5-6H2,1-4H3,(H2,25,30)(H,26,31). The number of benzene rings is 1. The molecule has 3 heterocycles. The van der Waals surface area contributed by atoms with Crippen LogP contribution in [0.4, 0.5) is 5.88 Å². The smallest absolute Gasteiger partial charge is 0.342 e. The number of rotatable bonds is 8. The van der Waals surface area contributed by atoms with E-state index in [1.165, 1.54) is 18.7 Å². The molecule has 0 aliphatic heterocycles. The zero-order chi connectivity index (χ0) is 25.3. The number of furan rings is 1. The van der Waals surface area contributed by atoms with Gasteiger partial charge in [0, 0.05) is 5.39 Å². The lowest BCUT2D eigenvalue weighted by Gasteiger charge is -2.14. The molecule has 4 rings (SSSR count). The number of nitrogens with two attached hydrogens (primary N) is 1. The SMILES string of the molecule is CCOC(=O)c1c(C)oc(NC(=O)C(CC)Sc2nnc3cc(C)c4ccccc4n23)c1C(N)=O. The molecule has 0 spiro atoms. The van der Waals surface area contributed by atoms with Gasteiger partial charge in [0.05, 0.1) is 17.4 Å². The number of para-hydroxylation sites is 1. The molecule has 0 aliphatic carbocycles. The van der Waals surface area contributed by atoms with Crippen molar-refractivity contribution in [2.45, 2.75) is 44.5 Å². The summed E-state index contributed by atoms with van der Waals surface area (Å²) in [6.45, 7) is 7.11. The van der Waals surface area contributed by atoms with Gasteiger partial charge in [0.25, 0.3) is 5.91 Å². The highest BCUT2D eigenvalue weighted by molar-refractivity contribution is 8.00. The van der Waals surface area contributed by atoms with Gasteiger partial charge in [-0.15, -0.1) is 10.2 Å². The summed E-state index contributed by atoms with van der Waals surface area (Å²) in [4.78, 5) is 37.6. The number of hydrogen-bond acceptors (Lipinski definition) is 8. The largest absolute Gasteiger partial charge is 0.462 e. The monoisotopic (exact) mass is 495 g/mol. The minimum atomic E-state index is -0.911. The van der Waals surface area contributed by atoms with Crippen LogP contribution in [0.25, 0.3) is 16.6 Å². The van der Waals surface area contributed by atoms with E-state index in [1.54, 1.807) is 6.92 Å². The molecule has 1 aromatic carbocycles. The van der Waals surface area contributed by atoms with Crippen LogP contribution in [0.1, 0.15) is 52.3 Å². The van der Waals surface area contributed by atoms with Crippen LogP contribution in [-0.2, 0) is 9.53 Å². The van der Waals surface area contributed by atoms with Crippen molar-refractivity contribution in [3.05, 3.63) is 52.8 Å². The van der Waals surface area contributed by atoms with Gasteiger partial charge in [-0.2, -0.15) is 0 Å². The molecule has 0 saturated heterocycles. The lowest BCUT2D eigenvalue weighted by atomic mass is 10.1. The summed E-state index contributed by atoms with van der Waals surface area (Å²) in [6, 6.07) is 9.85. The molecule has 3 N–H and O–H groups in total. The lowest BCUT2D eigenvalue weighted by Crippen LogP contribution is -2.26. The maximum atomic E-state index is 13.2. The topological polar surface area (TPSA) is 142 Å². The fraction of sp³-hybridized carbons (Fsp3) is 0.292. The Morgan fingerprint density at radius 2 is 1.91 bits per heavy atom. The van der Waals surface area contributed by atoms with Crippen molar-refractivity contribution in [1.82, 2.24) is 14.6 Å². The van der Waals surface area contributed by atoms with E-state index in [9.17, 15) is 14.4 Å². The minimum Gasteiger partial charge on any atom is -0.462 e. The fourth-order valence-electron chi connectivity index (χ4n) is 3.91. The number of nitrogens with zero attached hydrogens (tertiary/aromatic N) is 3. The molecule has 182 valence electrons. The van der Waals surface area contributed by atoms with Crippen molar-refractivity contribution < 1.29 is 23.5 Å². The highest BCUT2D eigenvalue weighted by atomic mass is 32.2. The maximum Gasteiger partial charge on any atom is 0.342 e. The molecule has 11 heteroatoms. The van der Waals surface area contributed by atoms with Crippen molar-refractivity contribution in [3.63, 3.8) is 0 Å². The summed E-state index contributed by atoms with van der Waals surface area (Å²) in [6.07, 6.45) is 0.450. The molecule has 35 heavy (non-hydrogen) atoms. The molecule has 2 amide bonds. The zero-order valence-electron chi connectivity index (χ0n) is 19.7. The zero-order valence-corrected chi connectivity index (χ0v) is 20.6. The quantitative estimate of drug-likeness (QED) is 0.277. The highest BCUT2D eigenvalue weighted by Crippen LogP contribution is 2.32. The van der Waals surface area contributed by atoms with Crippen LogP contribution in [0, 0.1) is 13.8 Å². The number of primary amides is 1. The van der Waals surface area contributed by atoms with Crippen LogP contribution in [0.5, 0.6) is 0 Å². The van der Waals surface area contributed by atoms with Crippen molar-refractivity contribution in [2.24, 2.45) is 5.73 Å². The van der Waals surface area contributed by atoms with E-state index in [0.29, 0.717) is 17.2 Å². The number of thioether (sulfide) groups is 1. The Balaban J connectivity index is 1.66. The van der Waals surface area contributed by atoms with Crippen LogP contribution < -0.4 is 11.1 Å². The number of anilines is 1. The lowest BCUT2D eigenvalue weighted by molar-refractivity contribution is -0.115. The van der Waals surface area contributed by atoms with E-state index < -0.39 is 23.0 Å². The Kier molecular flexibility index (Phi) is 6.79. The first-order valence-corrected chi connectivity index (χ1v) is 12.0. The second kappa shape index (κ2) is 9.79. The fourth-order valence-corrected chi connectivity index (χ4v) is 4.88. The van der Waals surface area contributed by atoms with E-state index >= 15 is 0 Å². The summed E-state index contributed by atoms with van der Waals surface area (Å²) in [5, 5.41) is 12.2. The van der Waals surface area contributed by atoms with E-state index in [-0.39, 0.29) is 29.4 Å². The van der Waals surface area contributed by atoms with Gasteiger partial charge < -0.3 is 14.9 Å². The molecule has 10 nitrogen and oxygen atoms in total. The number of carbonyl (C=O) groups is 3. The van der Waals surface area contributed by atoms with Crippen molar-refractivity contribution in [3.8, 4) is 0 Å². The first kappa shape index (κ1) is 24.3. The first-order chi connectivity index (χ1) is 16.8. The molecule has 1 atom stereocenters. The third-order valence-corrected chi connectivity index (χ3v) is 6.84. The number of carbonyl (C=O) groups excluding carboxylic acids is 3. The Labute approximate surface area is 205 Å². The van der Waals surface area contributed by atoms with Crippen molar-refractivity contribution in [2.75, 3.05) is 11.9 Å². The van der Waals surface area contributed by atoms with Gasteiger partial charge in [-0.05, 0) is 44.9 Å². The average Bonchev–Trinajstić information content (AvgIpc) is 3.37. The van der Waals surface area contributed by atoms with Crippen LogP contribution in [0.2, 0.25) is 0 Å². The number of esters is 1. The van der Waals surface area contributed by atoms with Crippen LogP contribution in [0.3, 0.4) is 0 Å². The third kappa shape index (κ3) is 4.46. The number of hydrogen-bond donors (Lipinski definition) is 2. The van der Waals surface area contributed by atoms with Crippen LogP contribution >= 0.6 is 11.8 Å². The van der Waals surface area contributed by atoms with Crippen LogP contribution in [-0.4, -0.2) is 44.2 Å². The Morgan fingerprint density at radius 3 is 2.60 bits per heavy atom. The van der Waals surface area contributed by atoms with Crippen LogP contribution in [0.15, 0.2) is 39.9 Å². The molecule has 4 aromatic rings. The summed E-state index contributed by atoms with van der Waals surface area (Å²) >= 11 is 1.24. The third-order valence-electron chi connectivity index (χ3n) is 5.53. The summed E-state index contributed by atoms with van der Waals surface area (Å²) in [5.41, 5.74) is 7.87. The van der Waals surface area contributed by atoms with Gasteiger partial charge in [0.1, 0.15) is 16.9 Å². The Bertz CT molecular complexity index is 1460. The molecular formula is C24H25N5O5S. The second-order valence-electron chi connectivity index (χ2n) is 7.85. The molecule has 3 aromatic heterocycles. The number of amides is 2. The molecule has 0 aliphatic rings. The molecule has 0 saturated carbocycles. The number of aryl methyl sites for hydroxylation is 2. The number of nitrogens with one attached hydrogen (secondary N) is 1. The predicted molar refractivity (Wildman–Crippen MR) is 132 cm³/mol. The van der Waals surface area contributed by atoms with Gasteiger partial charge >= 0.3 is 5.97 Å². The van der Waals surface area contributed by atoms with Crippen molar-refractivity contribution >= 4 is 52.0 Å². The number of pyridine rings is 1. The van der Waals surface area contributed by atoms with E-state index in [4.69, 9.17) is 14.9 Å². The summed E-state index contributed by atoms with van der Waals surface area (Å²) in [7, 11) is 0. The molecule has 0 radical (unpaired) electrons. The normalized spacial score (nSPS) is 12.1. The van der Waals surface area contributed by atoms with Gasteiger partial charge in [-0.3, -0.25) is 19.3 Å². The first-order valence-electron chi connectivity index (χ1n) is 11.1. The van der Waals surface area contributed by atoms with Crippen molar-refractivity contribution in [1.29, 1.82) is 0 Å². The van der Waals surface area contributed by atoms with E-state index in [0.717, 1.165) is 16.5 Å². The maximum absolute atomic E-state index is 13.2. The summed E-state index contributed by atoms with van der Waals surface area (Å²) in [5.74, 6) is -2.15. The Hall–Kier alpha value is -3.86. The molecular weight excluding hydrogens is 470 g/mol. The Morgan fingerprint density at radius 1 is 1.17 bits per heavy atom.